The number of fused-ring (bicyclic) bond motifs is 1. The lowest BCUT2D eigenvalue weighted by Crippen LogP contribution is -2.40. The Labute approximate surface area is 291 Å². The number of carbonyl (C=O) groups is 1. The van der Waals surface area contributed by atoms with Crippen LogP contribution in [0.15, 0.2) is 118 Å². The van der Waals surface area contributed by atoms with Crippen LogP contribution < -0.4 is 29.7 Å². The van der Waals surface area contributed by atoms with E-state index in [1.807, 2.05) is 110 Å². The number of aromatic nitrogens is 1. The van der Waals surface area contributed by atoms with Gasteiger partial charge in [0.2, 0.25) is 0 Å². The van der Waals surface area contributed by atoms with Gasteiger partial charge in [0.05, 0.1) is 32.5 Å². The third-order valence-electron chi connectivity index (χ3n) is 7.26. The maximum atomic E-state index is 14.3. The van der Waals surface area contributed by atoms with Crippen molar-refractivity contribution in [1.29, 1.82) is 0 Å². The van der Waals surface area contributed by atoms with E-state index in [1.165, 1.54) is 11.3 Å². The lowest BCUT2D eigenvalue weighted by Gasteiger charge is -2.25. The number of rotatable bonds is 8. The van der Waals surface area contributed by atoms with Crippen LogP contribution in [0.3, 0.4) is 0 Å². The van der Waals surface area contributed by atoms with Crippen LogP contribution in [0.25, 0.3) is 6.08 Å². The molecule has 7 nitrogen and oxygen atoms in total. The number of ether oxygens (including phenoxy) is 2. The van der Waals surface area contributed by atoms with Gasteiger partial charge in [0, 0.05) is 14.8 Å². The zero-order valence-corrected chi connectivity index (χ0v) is 29.4. The summed E-state index contributed by atoms with van der Waals surface area (Å²) in [6.45, 7) is 2.20. The smallest absolute Gasteiger partial charge is 0.271 e. The molecular formula is C35H27I2N3O4S. The molecule has 1 aliphatic rings. The number of halogens is 2. The molecular weight excluding hydrogens is 812 g/mol. The summed E-state index contributed by atoms with van der Waals surface area (Å²) >= 11 is 5.84. The molecule has 5 aromatic rings. The van der Waals surface area contributed by atoms with Crippen molar-refractivity contribution < 1.29 is 14.3 Å². The number of carbonyl (C=O) groups excluding carboxylic acids is 1. The fourth-order valence-corrected chi connectivity index (χ4v) is 8.25. The van der Waals surface area contributed by atoms with E-state index in [4.69, 9.17) is 14.5 Å². The van der Waals surface area contributed by atoms with Crippen LogP contribution in [-0.2, 0) is 11.4 Å². The van der Waals surface area contributed by atoms with Gasteiger partial charge in [-0.3, -0.25) is 14.2 Å². The number of nitrogens with one attached hydrogen (secondary N) is 1. The van der Waals surface area contributed by atoms with E-state index in [9.17, 15) is 9.59 Å². The first-order valence-corrected chi connectivity index (χ1v) is 17.0. The second-order valence-electron chi connectivity index (χ2n) is 10.3. The molecule has 45 heavy (non-hydrogen) atoms. The van der Waals surface area contributed by atoms with Gasteiger partial charge in [-0.15, -0.1) is 0 Å². The average molecular weight is 839 g/mol. The van der Waals surface area contributed by atoms with E-state index in [1.54, 1.807) is 11.7 Å². The number of nitrogens with zero attached hydrogens (tertiary/aromatic N) is 2. The van der Waals surface area contributed by atoms with Crippen LogP contribution in [0.2, 0.25) is 0 Å². The maximum Gasteiger partial charge on any atom is 0.271 e. The molecule has 0 bridgehead atoms. The lowest BCUT2D eigenvalue weighted by atomic mass is 9.95. The minimum atomic E-state index is -0.716. The van der Waals surface area contributed by atoms with Crippen LogP contribution in [0.1, 0.15) is 29.7 Å². The molecule has 1 aliphatic heterocycles. The number of hydrogen-bond donors (Lipinski definition) is 1. The Kier molecular flexibility index (Phi) is 9.52. The minimum Gasteiger partial charge on any atom is -0.497 e. The van der Waals surface area contributed by atoms with Crippen LogP contribution >= 0.6 is 56.5 Å². The van der Waals surface area contributed by atoms with Crippen molar-refractivity contribution in [2.45, 2.75) is 19.6 Å². The molecule has 4 aromatic carbocycles. The summed E-state index contributed by atoms with van der Waals surface area (Å²) < 4.78 is 15.9. The molecule has 1 aromatic heterocycles. The summed E-state index contributed by atoms with van der Waals surface area (Å²) in [5, 5.41) is 2.99. The summed E-state index contributed by atoms with van der Waals surface area (Å²) in [5.74, 6) is 1.00. The predicted molar refractivity (Wildman–Crippen MR) is 194 cm³/mol. The molecule has 1 amide bonds. The second kappa shape index (κ2) is 13.7. The first-order valence-electron chi connectivity index (χ1n) is 14.0. The van der Waals surface area contributed by atoms with Crippen molar-refractivity contribution >= 4 is 74.2 Å². The number of thiazole rings is 1. The van der Waals surface area contributed by atoms with Crippen molar-refractivity contribution in [3.63, 3.8) is 0 Å². The Morgan fingerprint density at radius 1 is 1.00 bits per heavy atom. The maximum absolute atomic E-state index is 14.3. The number of benzene rings is 4. The molecule has 0 saturated carbocycles. The fraction of sp³-hybridized carbons (Fsp3) is 0.114. The number of para-hydroxylation sites is 1. The third-order valence-corrected chi connectivity index (χ3v) is 9.66. The van der Waals surface area contributed by atoms with Gasteiger partial charge in [0.15, 0.2) is 4.80 Å². The Morgan fingerprint density at radius 3 is 2.47 bits per heavy atom. The third kappa shape index (κ3) is 6.77. The van der Waals surface area contributed by atoms with E-state index in [0.717, 1.165) is 23.8 Å². The summed E-state index contributed by atoms with van der Waals surface area (Å²) in [6.07, 6.45) is 1.86. The molecule has 6 rings (SSSR count). The van der Waals surface area contributed by atoms with Gasteiger partial charge in [-0.2, -0.15) is 0 Å². The van der Waals surface area contributed by atoms with Gasteiger partial charge in [0.1, 0.15) is 18.1 Å². The largest absolute Gasteiger partial charge is 0.497 e. The zero-order chi connectivity index (χ0) is 31.5. The summed E-state index contributed by atoms with van der Waals surface area (Å²) in [4.78, 5) is 33.4. The molecule has 0 saturated heterocycles. The summed E-state index contributed by atoms with van der Waals surface area (Å²) in [6, 6.07) is 30.0. The van der Waals surface area contributed by atoms with Crippen molar-refractivity contribution in [1.82, 2.24) is 4.57 Å². The highest BCUT2D eigenvalue weighted by molar-refractivity contribution is 14.1. The normalized spacial score (nSPS) is 14.5. The Morgan fingerprint density at radius 2 is 1.73 bits per heavy atom. The quantitative estimate of drug-likeness (QED) is 0.177. The molecule has 0 aliphatic carbocycles. The molecule has 0 radical (unpaired) electrons. The predicted octanol–water partition coefficient (Wildman–Crippen LogP) is 6.67. The minimum absolute atomic E-state index is 0.244. The molecule has 0 unspecified atom stereocenters. The Hall–Kier alpha value is -3.75. The van der Waals surface area contributed by atoms with Crippen LogP contribution in [-0.4, -0.2) is 17.6 Å². The number of amides is 1. The van der Waals surface area contributed by atoms with Crippen molar-refractivity contribution in [2.75, 3.05) is 12.4 Å². The Balaban J connectivity index is 1.48. The van der Waals surface area contributed by atoms with E-state index in [-0.39, 0.29) is 11.5 Å². The fourth-order valence-electron chi connectivity index (χ4n) is 5.17. The highest BCUT2D eigenvalue weighted by atomic mass is 127. The Bertz CT molecular complexity index is 2110. The standard InChI is InChI=1S/C35H27I2N3O4S/c1-21-30(33(41)39-26-13-7-4-8-14-26)31(23-12-9-15-27(17-23)43-2)40-34(42)29(45-35(40)38-21)18-24-16-25(36)19-28(37)32(24)44-20-22-10-5-3-6-11-22/h3-19,31H,20H2,1-2H3,(H,39,41)/b29-18-/t31-/m1/s1. The average Bonchev–Trinajstić information content (AvgIpc) is 3.34. The first-order chi connectivity index (χ1) is 21.8. The van der Waals surface area contributed by atoms with Crippen molar-refractivity contribution in [2.24, 2.45) is 4.99 Å². The molecule has 1 atom stereocenters. The number of hydrogen-bond acceptors (Lipinski definition) is 6. The summed E-state index contributed by atoms with van der Waals surface area (Å²) in [7, 11) is 1.59. The lowest BCUT2D eigenvalue weighted by molar-refractivity contribution is -0.113. The van der Waals surface area contributed by atoms with Crippen LogP contribution in [0, 0.1) is 7.14 Å². The van der Waals surface area contributed by atoms with E-state index < -0.39 is 6.04 Å². The van der Waals surface area contributed by atoms with E-state index in [0.29, 0.717) is 44.4 Å². The molecule has 10 heteroatoms. The van der Waals surface area contributed by atoms with Gasteiger partial charge in [0.25, 0.3) is 11.5 Å². The first kappa shape index (κ1) is 31.2. The SMILES string of the molecule is COc1cccc([C@@H]2C(C(=O)Nc3ccccc3)=C(C)N=c3s/c(=C\c4cc(I)cc(I)c4OCc4ccccc4)c(=O)n32)c1. The van der Waals surface area contributed by atoms with Crippen molar-refractivity contribution in [3.05, 3.63) is 152 Å². The van der Waals surface area contributed by atoms with E-state index in [2.05, 4.69) is 50.5 Å². The van der Waals surface area contributed by atoms with Gasteiger partial charge in [-0.05, 0) is 106 Å². The number of methoxy groups -OCH3 is 1. The van der Waals surface area contributed by atoms with Gasteiger partial charge in [-0.1, -0.05) is 72.0 Å². The molecule has 0 spiro atoms. The highest BCUT2D eigenvalue weighted by Gasteiger charge is 2.33. The van der Waals surface area contributed by atoms with Gasteiger partial charge >= 0.3 is 0 Å². The van der Waals surface area contributed by atoms with E-state index >= 15 is 0 Å². The van der Waals surface area contributed by atoms with Crippen LogP contribution in [0.5, 0.6) is 11.5 Å². The van der Waals surface area contributed by atoms with Crippen LogP contribution in [0.4, 0.5) is 5.69 Å². The molecule has 226 valence electrons. The molecule has 0 fully saturated rings. The second-order valence-corrected chi connectivity index (χ2v) is 13.7. The van der Waals surface area contributed by atoms with Crippen molar-refractivity contribution in [3.8, 4) is 11.5 Å². The number of anilines is 1. The molecule has 1 N–H and O–H groups in total. The topological polar surface area (TPSA) is 81.9 Å². The highest BCUT2D eigenvalue weighted by Crippen LogP contribution is 2.33. The zero-order valence-electron chi connectivity index (χ0n) is 24.3. The monoisotopic (exact) mass is 839 g/mol. The number of allylic oxidation sites excluding steroid dienone is 1. The summed E-state index contributed by atoms with van der Waals surface area (Å²) in [5.41, 5.74) is 3.93. The van der Waals surface area contributed by atoms with Gasteiger partial charge in [-0.25, -0.2) is 4.99 Å². The van der Waals surface area contributed by atoms with Gasteiger partial charge < -0.3 is 14.8 Å². The molecule has 2 heterocycles.